The molecule has 0 saturated heterocycles. The maximum absolute atomic E-state index is 5.03. The van der Waals surface area contributed by atoms with Crippen LogP contribution in [0.2, 0.25) is 0 Å². The number of halogens is 1. The van der Waals surface area contributed by atoms with Crippen LogP contribution in [0.4, 0.5) is 0 Å². The number of benzene rings is 3. The maximum Gasteiger partial charge on any atom is 0.158 e. The first-order chi connectivity index (χ1) is 12.8. The molecule has 2 nitrogen and oxygen atoms in total. The van der Waals surface area contributed by atoms with Gasteiger partial charge in [0.25, 0.3) is 0 Å². The van der Waals surface area contributed by atoms with Crippen molar-refractivity contribution in [2.24, 2.45) is 4.99 Å². The van der Waals surface area contributed by atoms with Crippen LogP contribution in [0.25, 0.3) is 0 Å². The van der Waals surface area contributed by atoms with Crippen molar-refractivity contribution in [2.75, 3.05) is 0 Å². The second-order valence-electron chi connectivity index (χ2n) is 6.54. The smallest absolute Gasteiger partial charge is 0.158 e. The molecular weight excluding hydrogens is 372 g/mol. The molecule has 1 aliphatic rings. The Morgan fingerprint density at radius 3 is 2.07 bits per heavy atom. The van der Waals surface area contributed by atoms with E-state index in [9.17, 15) is 0 Å². The van der Waals surface area contributed by atoms with Crippen LogP contribution in [0.15, 0.2) is 89.9 Å². The van der Waals surface area contributed by atoms with E-state index in [0.29, 0.717) is 0 Å². The first-order valence-corrected chi connectivity index (χ1v) is 9.91. The van der Waals surface area contributed by atoms with E-state index in [4.69, 9.17) is 4.99 Å². The molecule has 0 fully saturated rings. The molecule has 0 amide bonds. The number of hydrogen-bond acceptors (Lipinski definition) is 3. The lowest BCUT2D eigenvalue weighted by molar-refractivity contribution is 0.573. The molecule has 3 aromatic rings. The van der Waals surface area contributed by atoms with E-state index in [1.54, 1.807) is 11.8 Å². The van der Waals surface area contributed by atoms with Crippen molar-refractivity contribution in [1.82, 2.24) is 5.32 Å². The Hall–Kier alpha value is -2.23. The molecule has 0 aliphatic carbocycles. The predicted molar refractivity (Wildman–Crippen MR) is 119 cm³/mol. The normalized spacial score (nSPS) is 18.3. The van der Waals surface area contributed by atoms with Gasteiger partial charge in [-0.25, -0.2) is 0 Å². The number of rotatable bonds is 4. The van der Waals surface area contributed by atoms with Crippen LogP contribution in [0.5, 0.6) is 0 Å². The Balaban J connectivity index is 0.00000210. The van der Waals surface area contributed by atoms with Gasteiger partial charge in [0.05, 0.1) is 6.04 Å². The predicted octanol–water partition coefficient (Wildman–Crippen LogP) is 6.09. The highest BCUT2D eigenvalue weighted by Gasteiger charge is 2.31. The zero-order chi connectivity index (χ0) is 17.8. The van der Waals surface area contributed by atoms with E-state index in [1.165, 1.54) is 22.3 Å². The summed E-state index contributed by atoms with van der Waals surface area (Å²) < 4.78 is 0. The molecule has 0 aromatic heterocycles. The fourth-order valence-electron chi connectivity index (χ4n) is 3.29. The molecule has 4 heteroatoms. The van der Waals surface area contributed by atoms with Crippen molar-refractivity contribution in [2.45, 2.75) is 24.8 Å². The van der Waals surface area contributed by atoms with Gasteiger partial charge in [-0.2, -0.15) is 0 Å². The average Bonchev–Trinajstić information content (AvgIpc) is 3.13. The van der Waals surface area contributed by atoms with Crippen LogP contribution >= 0.6 is 24.2 Å². The topological polar surface area (TPSA) is 24.4 Å². The first-order valence-electron chi connectivity index (χ1n) is 8.93. The van der Waals surface area contributed by atoms with Gasteiger partial charge in [-0.15, -0.1) is 12.4 Å². The van der Waals surface area contributed by atoms with Crippen LogP contribution in [-0.2, 0) is 5.75 Å². The minimum Gasteiger partial charge on any atom is -0.356 e. The molecule has 1 aliphatic heterocycles. The lowest BCUT2D eigenvalue weighted by Crippen LogP contribution is -2.22. The second kappa shape index (κ2) is 9.12. The zero-order valence-electron chi connectivity index (χ0n) is 15.2. The van der Waals surface area contributed by atoms with Crippen molar-refractivity contribution in [3.8, 4) is 0 Å². The third-order valence-electron chi connectivity index (χ3n) is 4.78. The molecule has 1 N–H and O–H groups in total. The van der Waals surface area contributed by atoms with Crippen molar-refractivity contribution in [3.05, 3.63) is 107 Å². The summed E-state index contributed by atoms with van der Waals surface area (Å²) in [6.07, 6.45) is 0. The third kappa shape index (κ3) is 4.55. The van der Waals surface area contributed by atoms with Crippen molar-refractivity contribution >= 4 is 29.3 Å². The second-order valence-corrected chi connectivity index (χ2v) is 7.50. The lowest BCUT2D eigenvalue weighted by atomic mass is 9.95. The highest BCUT2D eigenvalue weighted by Crippen LogP contribution is 2.38. The standard InChI is InChI=1S/C23H22N2S.ClH/c1-17-10-8-9-15-20(17)16-26-23-24-21(18-11-4-2-5-12-18)22(25-23)19-13-6-3-7-14-19;/h2-15,21-22H,16H2,1H3,(H,24,25);1H. The summed E-state index contributed by atoms with van der Waals surface area (Å²) in [5.74, 6) is 0.932. The molecule has 2 unspecified atom stereocenters. The Bertz CT molecular complexity index is 897. The molecule has 0 radical (unpaired) electrons. The largest absolute Gasteiger partial charge is 0.356 e. The van der Waals surface area contributed by atoms with Gasteiger partial charge in [-0.1, -0.05) is 96.7 Å². The molecule has 0 spiro atoms. The molecule has 2 atom stereocenters. The van der Waals surface area contributed by atoms with Gasteiger partial charge in [0, 0.05) is 5.75 Å². The van der Waals surface area contributed by atoms with Crippen molar-refractivity contribution in [1.29, 1.82) is 0 Å². The summed E-state index contributed by atoms with van der Waals surface area (Å²) in [5.41, 5.74) is 5.22. The highest BCUT2D eigenvalue weighted by molar-refractivity contribution is 8.13. The SMILES string of the molecule is Cc1ccccc1CSC1=NC(c2ccccc2)C(c2ccccc2)N1.Cl. The highest BCUT2D eigenvalue weighted by atomic mass is 35.5. The summed E-state index contributed by atoms with van der Waals surface area (Å²) in [6.45, 7) is 2.17. The number of hydrogen-bond donors (Lipinski definition) is 1. The first kappa shape index (κ1) is 19.5. The van der Waals surface area contributed by atoms with Crippen LogP contribution in [0, 0.1) is 6.92 Å². The summed E-state index contributed by atoms with van der Waals surface area (Å²) in [5, 5.41) is 4.68. The summed E-state index contributed by atoms with van der Waals surface area (Å²) in [4.78, 5) is 5.03. The van der Waals surface area contributed by atoms with Gasteiger partial charge in [0.2, 0.25) is 0 Å². The molecule has 3 aromatic carbocycles. The van der Waals surface area contributed by atoms with E-state index < -0.39 is 0 Å². The molecule has 0 saturated carbocycles. The van der Waals surface area contributed by atoms with Crippen LogP contribution < -0.4 is 5.32 Å². The number of thioether (sulfide) groups is 1. The fraction of sp³-hybridized carbons (Fsp3) is 0.174. The lowest BCUT2D eigenvalue weighted by Gasteiger charge is -2.19. The number of nitrogens with one attached hydrogen (secondary N) is 1. The summed E-state index contributed by atoms with van der Waals surface area (Å²) >= 11 is 1.79. The van der Waals surface area contributed by atoms with E-state index >= 15 is 0 Å². The van der Waals surface area contributed by atoms with Gasteiger partial charge in [-0.3, -0.25) is 4.99 Å². The van der Waals surface area contributed by atoms with E-state index in [0.717, 1.165) is 10.9 Å². The van der Waals surface area contributed by atoms with Crippen LogP contribution in [0.1, 0.15) is 34.3 Å². The van der Waals surface area contributed by atoms with Gasteiger partial charge < -0.3 is 5.32 Å². The van der Waals surface area contributed by atoms with Gasteiger partial charge in [0.1, 0.15) is 6.04 Å². The number of nitrogens with zero attached hydrogens (tertiary/aromatic N) is 1. The Morgan fingerprint density at radius 1 is 0.815 bits per heavy atom. The Labute approximate surface area is 171 Å². The molecule has 0 bridgehead atoms. The Kier molecular flexibility index (Phi) is 6.59. The quantitative estimate of drug-likeness (QED) is 0.578. The average molecular weight is 395 g/mol. The van der Waals surface area contributed by atoms with Crippen LogP contribution in [-0.4, -0.2) is 5.17 Å². The van der Waals surface area contributed by atoms with Gasteiger partial charge in [-0.05, 0) is 29.2 Å². The van der Waals surface area contributed by atoms with Crippen LogP contribution in [0.3, 0.4) is 0 Å². The summed E-state index contributed by atoms with van der Waals surface area (Å²) in [7, 11) is 0. The number of aliphatic imine (C=N–C) groups is 1. The van der Waals surface area contributed by atoms with E-state index in [2.05, 4.69) is 97.2 Å². The van der Waals surface area contributed by atoms with E-state index in [-0.39, 0.29) is 24.5 Å². The minimum absolute atomic E-state index is 0. The molecular formula is C23H23ClN2S. The molecule has 138 valence electrons. The minimum atomic E-state index is 0. The van der Waals surface area contributed by atoms with Crippen molar-refractivity contribution in [3.63, 3.8) is 0 Å². The Morgan fingerprint density at radius 2 is 1.41 bits per heavy atom. The third-order valence-corrected chi connectivity index (χ3v) is 5.73. The molecule has 27 heavy (non-hydrogen) atoms. The molecule has 1 heterocycles. The number of amidine groups is 1. The maximum atomic E-state index is 5.03. The monoisotopic (exact) mass is 394 g/mol. The molecule has 4 rings (SSSR count). The number of aryl methyl sites for hydroxylation is 1. The van der Waals surface area contributed by atoms with Gasteiger partial charge >= 0.3 is 0 Å². The summed E-state index contributed by atoms with van der Waals surface area (Å²) in [6, 6.07) is 30.0. The van der Waals surface area contributed by atoms with E-state index in [1.807, 2.05) is 0 Å². The van der Waals surface area contributed by atoms with Crippen molar-refractivity contribution < 1.29 is 0 Å². The van der Waals surface area contributed by atoms with Gasteiger partial charge in [0.15, 0.2) is 5.17 Å². The fourth-order valence-corrected chi connectivity index (χ4v) is 4.30. The zero-order valence-corrected chi connectivity index (χ0v) is 16.8.